The molecule has 1 heterocycles. The highest BCUT2D eigenvalue weighted by molar-refractivity contribution is 8.26. The number of carbonyl (C=O) groups excluding carboxylic acids is 2. The van der Waals surface area contributed by atoms with Crippen LogP contribution in [-0.2, 0) is 19.6 Å². The first-order valence-corrected chi connectivity index (χ1v) is 13.2. The van der Waals surface area contributed by atoms with Gasteiger partial charge in [-0.15, -0.1) is 0 Å². The van der Waals surface area contributed by atoms with Crippen LogP contribution in [-0.4, -0.2) is 36.0 Å². The molecule has 33 heavy (non-hydrogen) atoms. The van der Waals surface area contributed by atoms with Crippen molar-refractivity contribution >= 4 is 61.9 Å². The van der Waals surface area contributed by atoms with Gasteiger partial charge in [0, 0.05) is 18.7 Å². The molecular formula is C23H25N3O4S3. The van der Waals surface area contributed by atoms with Gasteiger partial charge in [-0.2, -0.15) is 0 Å². The number of benzene rings is 2. The number of thiocarbonyl (C=S) groups is 1. The zero-order valence-electron chi connectivity index (χ0n) is 18.1. The Kier molecular flexibility index (Phi) is 8.41. The molecule has 3 N–H and O–H groups in total. The number of unbranched alkanes of at least 4 members (excludes halogenated alkanes) is 2. The third kappa shape index (κ3) is 6.97. The first-order valence-electron chi connectivity index (χ1n) is 10.4. The number of rotatable bonds is 9. The fourth-order valence-corrected chi connectivity index (χ4v) is 5.08. The van der Waals surface area contributed by atoms with Crippen molar-refractivity contribution in [3.05, 3.63) is 64.6 Å². The van der Waals surface area contributed by atoms with Crippen LogP contribution in [0.4, 0.5) is 5.69 Å². The summed E-state index contributed by atoms with van der Waals surface area (Å²) in [5.74, 6) is -0.237. The van der Waals surface area contributed by atoms with Crippen LogP contribution in [0, 0.1) is 6.92 Å². The number of sulfonamides is 1. The molecule has 0 aliphatic carbocycles. The second-order valence-corrected chi connectivity index (χ2v) is 10.9. The minimum absolute atomic E-state index is 0.00931. The highest BCUT2D eigenvalue weighted by Gasteiger charge is 2.31. The van der Waals surface area contributed by atoms with Crippen molar-refractivity contribution in [3.63, 3.8) is 0 Å². The highest BCUT2D eigenvalue weighted by Crippen LogP contribution is 2.33. The summed E-state index contributed by atoms with van der Waals surface area (Å²) in [5, 5.41) is 7.79. The summed E-state index contributed by atoms with van der Waals surface area (Å²) >= 11 is 6.70. The Balaban J connectivity index is 1.42. The summed E-state index contributed by atoms with van der Waals surface area (Å²) in [7, 11) is -3.76. The monoisotopic (exact) mass is 503 g/mol. The van der Waals surface area contributed by atoms with Gasteiger partial charge in [-0.3, -0.25) is 14.5 Å². The van der Waals surface area contributed by atoms with Gasteiger partial charge in [-0.1, -0.05) is 54.7 Å². The Morgan fingerprint density at radius 3 is 2.48 bits per heavy atom. The maximum Gasteiger partial charge on any atom is 0.266 e. The van der Waals surface area contributed by atoms with Gasteiger partial charge < -0.3 is 5.32 Å². The van der Waals surface area contributed by atoms with E-state index in [2.05, 4.69) is 5.32 Å². The Morgan fingerprint density at radius 2 is 1.82 bits per heavy atom. The number of hydrogen-bond acceptors (Lipinski definition) is 6. The number of aryl methyl sites for hydroxylation is 1. The van der Waals surface area contributed by atoms with Gasteiger partial charge in [0.25, 0.3) is 5.91 Å². The zero-order valence-corrected chi connectivity index (χ0v) is 20.6. The van der Waals surface area contributed by atoms with Crippen molar-refractivity contribution in [3.8, 4) is 0 Å². The van der Waals surface area contributed by atoms with Crippen molar-refractivity contribution in [1.82, 2.24) is 4.90 Å². The number of anilines is 1. The molecule has 0 saturated carbocycles. The van der Waals surface area contributed by atoms with Crippen molar-refractivity contribution < 1.29 is 18.0 Å². The molecule has 2 aromatic rings. The van der Waals surface area contributed by atoms with Gasteiger partial charge >= 0.3 is 0 Å². The Morgan fingerprint density at radius 1 is 1.12 bits per heavy atom. The topological polar surface area (TPSA) is 110 Å². The lowest BCUT2D eigenvalue weighted by atomic mass is 10.1. The largest absolute Gasteiger partial charge is 0.326 e. The first-order chi connectivity index (χ1) is 15.6. The number of thioether (sulfide) groups is 1. The third-order valence-electron chi connectivity index (χ3n) is 5.10. The van der Waals surface area contributed by atoms with Crippen molar-refractivity contribution in [2.45, 2.75) is 37.5 Å². The molecule has 1 saturated heterocycles. The number of primary sulfonamides is 1. The number of nitrogens with two attached hydrogens (primary N) is 1. The van der Waals surface area contributed by atoms with E-state index in [1.807, 2.05) is 37.3 Å². The third-order valence-corrected chi connectivity index (χ3v) is 7.41. The molecule has 2 aromatic carbocycles. The fourth-order valence-electron chi connectivity index (χ4n) is 3.27. The molecule has 1 aliphatic heterocycles. The molecular weight excluding hydrogens is 478 g/mol. The van der Waals surface area contributed by atoms with Crippen molar-refractivity contribution in [2.24, 2.45) is 5.14 Å². The Labute approximate surface area is 203 Å². The summed E-state index contributed by atoms with van der Waals surface area (Å²) in [6.07, 6.45) is 4.37. The van der Waals surface area contributed by atoms with Crippen LogP contribution in [0.25, 0.3) is 6.08 Å². The SMILES string of the molecule is Cc1ccccc1/C=C1\SC(=S)N(CCCCCC(=O)Nc2ccc(S(N)(=O)=O)cc2)C1=O. The van der Waals surface area contributed by atoms with E-state index in [1.165, 1.54) is 36.0 Å². The average Bonchev–Trinajstić information content (AvgIpc) is 3.02. The van der Waals surface area contributed by atoms with Gasteiger partial charge in [0.1, 0.15) is 4.32 Å². The molecule has 1 aliphatic rings. The van der Waals surface area contributed by atoms with Gasteiger partial charge in [-0.25, -0.2) is 13.6 Å². The normalized spacial score (nSPS) is 15.3. The van der Waals surface area contributed by atoms with Crippen molar-refractivity contribution in [2.75, 3.05) is 11.9 Å². The summed E-state index contributed by atoms with van der Waals surface area (Å²) in [6, 6.07) is 13.6. The van der Waals surface area contributed by atoms with Crippen LogP contribution in [0.3, 0.4) is 0 Å². The lowest BCUT2D eigenvalue weighted by molar-refractivity contribution is -0.122. The van der Waals surface area contributed by atoms with Crippen LogP contribution in [0.15, 0.2) is 58.3 Å². The van der Waals surface area contributed by atoms with E-state index in [0.29, 0.717) is 34.3 Å². The quantitative estimate of drug-likeness (QED) is 0.304. The summed E-state index contributed by atoms with van der Waals surface area (Å²) in [4.78, 5) is 27.1. The lowest BCUT2D eigenvalue weighted by Gasteiger charge is -2.14. The molecule has 0 bridgehead atoms. The van der Waals surface area contributed by atoms with E-state index >= 15 is 0 Å². The van der Waals surface area contributed by atoms with E-state index in [0.717, 1.165) is 24.0 Å². The van der Waals surface area contributed by atoms with E-state index < -0.39 is 10.0 Å². The standard InChI is InChI=1S/C23H25N3O4S3/c1-16-7-4-5-8-17(16)15-20-22(28)26(23(31)32-20)14-6-2-3-9-21(27)25-18-10-12-19(13-11-18)33(24,29)30/h4-5,7-8,10-13,15H,2-3,6,9,14H2,1H3,(H,25,27)(H2,24,29,30)/b20-15-. The number of hydrogen-bond donors (Lipinski definition) is 2. The first kappa shape index (κ1) is 25.1. The van der Waals surface area contributed by atoms with E-state index in [4.69, 9.17) is 17.4 Å². The number of nitrogens with zero attached hydrogens (tertiary/aromatic N) is 1. The summed E-state index contributed by atoms with van der Waals surface area (Å²) in [6.45, 7) is 2.52. The van der Waals surface area contributed by atoms with E-state index in [-0.39, 0.29) is 16.7 Å². The lowest BCUT2D eigenvalue weighted by Crippen LogP contribution is -2.29. The second kappa shape index (κ2) is 11.1. The van der Waals surface area contributed by atoms with Gasteiger partial charge in [0.15, 0.2) is 0 Å². The van der Waals surface area contributed by atoms with Crippen LogP contribution >= 0.6 is 24.0 Å². The maximum atomic E-state index is 12.7. The predicted molar refractivity (Wildman–Crippen MR) is 136 cm³/mol. The smallest absolute Gasteiger partial charge is 0.266 e. The molecule has 0 radical (unpaired) electrons. The minimum atomic E-state index is -3.76. The Bertz CT molecular complexity index is 1190. The van der Waals surface area contributed by atoms with Gasteiger partial charge in [0.2, 0.25) is 15.9 Å². The number of carbonyl (C=O) groups is 2. The molecule has 0 spiro atoms. The van der Waals surface area contributed by atoms with Crippen LogP contribution in [0.1, 0.15) is 36.8 Å². The van der Waals surface area contributed by atoms with E-state index in [1.54, 1.807) is 4.90 Å². The fraction of sp³-hybridized carbons (Fsp3) is 0.261. The second-order valence-electron chi connectivity index (χ2n) is 7.62. The average molecular weight is 504 g/mol. The van der Waals surface area contributed by atoms with Gasteiger partial charge in [0.05, 0.1) is 9.80 Å². The van der Waals surface area contributed by atoms with Crippen LogP contribution in [0.5, 0.6) is 0 Å². The van der Waals surface area contributed by atoms with Crippen LogP contribution in [0.2, 0.25) is 0 Å². The summed E-state index contributed by atoms with van der Waals surface area (Å²) in [5.41, 5.74) is 2.61. The molecule has 174 valence electrons. The minimum Gasteiger partial charge on any atom is -0.326 e. The molecule has 2 amide bonds. The summed E-state index contributed by atoms with van der Waals surface area (Å²) < 4.78 is 23.1. The Hall–Kier alpha value is -2.53. The van der Waals surface area contributed by atoms with Crippen LogP contribution < -0.4 is 10.5 Å². The maximum absolute atomic E-state index is 12.7. The molecule has 10 heteroatoms. The highest BCUT2D eigenvalue weighted by atomic mass is 32.2. The molecule has 1 fully saturated rings. The molecule has 0 unspecified atom stereocenters. The van der Waals surface area contributed by atoms with Gasteiger partial charge in [-0.05, 0) is 61.2 Å². The predicted octanol–water partition coefficient (Wildman–Crippen LogP) is 4.04. The number of nitrogens with one attached hydrogen (secondary N) is 1. The molecule has 0 aromatic heterocycles. The molecule has 7 nitrogen and oxygen atoms in total. The molecule has 0 atom stereocenters. The van der Waals surface area contributed by atoms with E-state index in [9.17, 15) is 18.0 Å². The molecule has 3 rings (SSSR count). The number of amides is 2. The van der Waals surface area contributed by atoms with Crippen molar-refractivity contribution in [1.29, 1.82) is 0 Å². The zero-order chi connectivity index (χ0) is 24.0.